The van der Waals surface area contributed by atoms with Crippen LogP contribution >= 0.6 is 0 Å². The van der Waals surface area contributed by atoms with Gasteiger partial charge in [-0.25, -0.2) is 4.39 Å². The number of ether oxygens (including phenoxy) is 1. The summed E-state index contributed by atoms with van der Waals surface area (Å²) in [4.78, 5) is 0. The summed E-state index contributed by atoms with van der Waals surface area (Å²) in [6.45, 7) is 4.63. The van der Waals surface area contributed by atoms with E-state index in [-0.39, 0.29) is 11.3 Å². The van der Waals surface area contributed by atoms with E-state index in [2.05, 4.69) is 25.7 Å². The Balaban J connectivity index is 2.06. The van der Waals surface area contributed by atoms with Crippen molar-refractivity contribution < 1.29 is 13.5 Å². The Morgan fingerprint density at radius 3 is 2.23 bits per heavy atom. The van der Waals surface area contributed by atoms with Gasteiger partial charge in [-0.2, -0.15) is 4.39 Å². The largest absolute Gasteiger partial charge is 0.490 e. The van der Waals surface area contributed by atoms with E-state index in [4.69, 9.17) is 4.74 Å². The molecule has 3 heteroatoms. The van der Waals surface area contributed by atoms with Crippen LogP contribution in [0.25, 0.3) is 0 Å². The van der Waals surface area contributed by atoms with Crippen molar-refractivity contribution in [1.29, 1.82) is 0 Å². The van der Waals surface area contributed by atoms with Gasteiger partial charge in [-0.3, -0.25) is 0 Å². The lowest BCUT2D eigenvalue weighted by Gasteiger charge is -2.08. The van der Waals surface area contributed by atoms with Gasteiger partial charge in [-0.1, -0.05) is 57.1 Å². The first-order valence-electron chi connectivity index (χ1n) is 9.37. The fourth-order valence-electron chi connectivity index (χ4n) is 2.55. The van der Waals surface area contributed by atoms with Crippen molar-refractivity contribution in [1.82, 2.24) is 0 Å². The zero-order chi connectivity index (χ0) is 18.8. The van der Waals surface area contributed by atoms with Gasteiger partial charge in [0.2, 0.25) is 5.82 Å². The summed E-state index contributed by atoms with van der Waals surface area (Å²) >= 11 is 0. The second kappa shape index (κ2) is 10.6. The molecule has 2 aromatic carbocycles. The van der Waals surface area contributed by atoms with Crippen molar-refractivity contribution >= 4 is 0 Å². The number of halogens is 2. The highest BCUT2D eigenvalue weighted by Gasteiger charge is 2.13. The van der Waals surface area contributed by atoms with Gasteiger partial charge >= 0.3 is 0 Å². The van der Waals surface area contributed by atoms with Crippen LogP contribution in [-0.2, 0) is 6.42 Å². The summed E-state index contributed by atoms with van der Waals surface area (Å²) in [6.07, 6.45) is 6.24. The number of hydrogen-bond donors (Lipinski definition) is 0. The summed E-state index contributed by atoms with van der Waals surface area (Å²) in [5, 5.41) is 0. The van der Waals surface area contributed by atoms with Crippen molar-refractivity contribution in [2.75, 3.05) is 6.61 Å². The van der Waals surface area contributed by atoms with Crippen molar-refractivity contribution in [3.05, 3.63) is 64.7 Å². The summed E-state index contributed by atoms with van der Waals surface area (Å²) in [5.41, 5.74) is 2.09. The Hall–Kier alpha value is -2.34. The Bertz CT molecular complexity index is 754. The van der Waals surface area contributed by atoms with E-state index in [0.29, 0.717) is 6.61 Å². The molecular weight excluding hydrogens is 330 g/mol. The first kappa shape index (κ1) is 20.0. The minimum Gasteiger partial charge on any atom is -0.490 e. The minimum absolute atomic E-state index is 0.0402. The summed E-state index contributed by atoms with van der Waals surface area (Å²) in [6, 6.07) is 10.8. The molecule has 0 aliphatic rings. The van der Waals surface area contributed by atoms with Gasteiger partial charge in [0.25, 0.3) is 0 Å². The Morgan fingerprint density at radius 1 is 0.808 bits per heavy atom. The van der Waals surface area contributed by atoms with Crippen LogP contribution in [0, 0.1) is 23.5 Å². The molecule has 0 radical (unpaired) electrons. The SMILES string of the molecule is CCCCCOc1ccc(C#Cc2ccc(CCCC)cc2)c(F)c1F. The van der Waals surface area contributed by atoms with Crippen LogP contribution in [0.4, 0.5) is 8.78 Å². The molecule has 0 aliphatic heterocycles. The molecule has 26 heavy (non-hydrogen) atoms. The quantitative estimate of drug-likeness (QED) is 0.400. The zero-order valence-electron chi connectivity index (χ0n) is 15.6. The average molecular weight is 356 g/mol. The molecule has 0 spiro atoms. The number of rotatable bonds is 8. The second-order valence-electron chi connectivity index (χ2n) is 6.35. The number of aryl methyl sites for hydroxylation is 1. The van der Waals surface area contributed by atoms with Crippen molar-refractivity contribution in [2.45, 2.75) is 52.4 Å². The highest BCUT2D eigenvalue weighted by molar-refractivity contribution is 5.46. The van der Waals surface area contributed by atoms with E-state index < -0.39 is 11.6 Å². The topological polar surface area (TPSA) is 9.23 Å². The van der Waals surface area contributed by atoms with E-state index >= 15 is 0 Å². The molecule has 0 aliphatic carbocycles. The van der Waals surface area contributed by atoms with Crippen molar-refractivity contribution in [3.63, 3.8) is 0 Å². The molecule has 1 nitrogen and oxygen atoms in total. The third kappa shape index (κ3) is 5.88. The van der Waals surface area contributed by atoms with Gasteiger partial charge in [0.05, 0.1) is 12.2 Å². The molecular formula is C23H26F2O. The van der Waals surface area contributed by atoms with E-state index in [1.807, 2.05) is 24.3 Å². The third-order valence-electron chi connectivity index (χ3n) is 4.17. The Kier molecular flexibility index (Phi) is 8.15. The lowest BCUT2D eigenvalue weighted by molar-refractivity contribution is 0.286. The molecule has 0 saturated heterocycles. The minimum atomic E-state index is -0.969. The normalized spacial score (nSPS) is 10.3. The summed E-state index contributed by atoms with van der Waals surface area (Å²) in [7, 11) is 0. The Morgan fingerprint density at radius 2 is 1.54 bits per heavy atom. The molecule has 0 atom stereocenters. The molecule has 0 amide bonds. The monoisotopic (exact) mass is 356 g/mol. The highest BCUT2D eigenvalue weighted by Crippen LogP contribution is 2.22. The van der Waals surface area contributed by atoms with Gasteiger partial charge in [-0.05, 0) is 49.1 Å². The maximum absolute atomic E-state index is 14.2. The molecule has 0 heterocycles. The smallest absolute Gasteiger partial charge is 0.201 e. The molecule has 0 bridgehead atoms. The summed E-state index contributed by atoms with van der Waals surface area (Å²) in [5.74, 6) is 3.64. The molecule has 0 fully saturated rings. The molecule has 0 aromatic heterocycles. The predicted octanol–water partition coefficient (Wildman–Crippen LogP) is 6.28. The van der Waals surface area contributed by atoms with Gasteiger partial charge in [0.1, 0.15) is 0 Å². The van der Waals surface area contributed by atoms with Crippen LogP contribution in [0.3, 0.4) is 0 Å². The lowest BCUT2D eigenvalue weighted by atomic mass is 10.1. The third-order valence-corrected chi connectivity index (χ3v) is 4.17. The van der Waals surface area contributed by atoms with E-state index in [1.165, 1.54) is 17.7 Å². The van der Waals surface area contributed by atoms with E-state index in [9.17, 15) is 8.78 Å². The van der Waals surface area contributed by atoms with Gasteiger partial charge in [0.15, 0.2) is 11.6 Å². The maximum atomic E-state index is 14.2. The predicted molar refractivity (Wildman–Crippen MR) is 102 cm³/mol. The fraction of sp³-hybridized carbons (Fsp3) is 0.391. The van der Waals surface area contributed by atoms with Crippen LogP contribution in [-0.4, -0.2) is 6.61 Å². The van der Waals surface area contributed by atoms with Crippen LogP contribution in [0.5, 0.6) is 5.75 Å². The second-order valence-corrected chi connectivity index (χ2v) is 6.35. The maximum Gasteiger partial charge on any atom is 0.201 e. The fourth-order valence-corrected chi connectivity index (χ4v) is 2.55. The highest BCUT2D eigenvalue weighted by atomic mass is 19.2. The van der Waals surface area contributed by atoms with Crippen LogP contribution in [0.15, 0.2) is 36.4 Å². The molecule has 138 valence electrons. The average Bonchev–Trinajstić information content (AvgIpc) is 2.67. The lowest BCUT2D eigenvalue weighted by Crippen LogP contribution is -2.01. The first-order chi connectivity index (χ1) is 12.7. The molecule has 2 rings (SSSR count). The van der Waals surface area contributed by atoms with Crippen molar-refractivity contribution in [3.8, 4) is 17.6 Å². The molecule has 0 saturated carbocycles. The Labute approximate surface area is 155 Å². The standard InChI is InChI=1S/C23H26F2O/c1-3-5-7-17-26-21-16-15-20(22(24)23(21)25)14-13-19-11-9-18(10-12-19)8-6-4-2/h9-12,15-16H,3-8,17H2,1-2H3. The van der Waals surface area contributed by atoms with E-state index in [1.54, 1.807) is 0 Å². The summed E-state index contributed by atoms with van der Waals surface area (Å²) < 4.78 is 33.6. The number of hydrogen-bond acceptors (Lipinski definition) is 1. The number of unbranched alkanes of at least 4 members (excludes halogenated alkanes) is 3. The van der Waals surface area contributed by atoms with Crippen molar-refractivity contribution in [2.24, 2.45) is 0 Å². The van der Waals surface area contributed by atoms with Gasteiger partial charge in [-0.15, -0.1) is 0 Å². The number of benzene rings is 2. The molecule has 0 unspecified atom stereocenters. The van der Waals surface area contributed by atoms with Crippen LogP contribution in [0.1, 0.15) is 62.6 Å². The van der Waals surface area contributed by atoms with Crippen LogP contribution in [0.2, 0.25) is 0 Å². The van der Waals surface area contributed by atoms with Gasteiger partial charge < -0.3 is 4.74 Å². The zero-order valence-corrected chi connectivity index (χ0v) is 15.6. The molecule has 0 N–H and O–H groups in total. The van der Waals surface area contributed by atoms with E-state index in [0.717, 1.165) is 44.1 Å². The molecule has 2 aromatic rings. The van der Waals surface area contributed by atoms with Gasteiger partial charge in [0, 0.05) is 5.56 Å². The van der Waals surface area contributed by atoms with Crippen LogP contribution < -0.4 is 4.74 Å². The first-order valence-corrected chi connectivity index (χ1v) is 9.37.